The smallest absolute Gasteiger partial charge is 0.165 e. The predicted molar refractivity (Wildman–Crippen MR) is 62.1 cm³/mol. The second-order valence-electron chi connectivity index (χ2n) is 4.12. The molecule has 0 aliphatic heterocycles. The molecule has 0 bridgehead atoms. The van der Waals surface area contributed by atoms with Crippen molar-refractivity contribution in [2.45, 2.75) is 18.9 Å². The number of hydrogen-bond acceptors (Lipinski definition) is 2. The van der Waals surface area contributed by atoms with Crippen LogP contribution in [0.25, 0.3) is 0 Å². The molecule has 1 aromatic carbocycles. The summed E-state index contributed by atoms with van der Waals surface area (Å²) < 4.78 is 18.5. The van der Waals surface area contributed by atoms with E-state index in [1.807, 2.05) is 0 Å². The summed E-state index contributed by atoms with van der Waals surface area (Å²) in [6.07, 6.45) is 2.50. The third-order valence-electron chi connectivity index (χ3n) is 2.49. The maximum absolute atomic E-state index is 13.2. The molecule has 1 fully saturated rings. The monoisotopic (exact) mass is 221 g/mol. The molecule has 16 heavy (non-hydrogen) atoms. The molecule has 0 aromatic heterocycles. The Labute approximate surface area is 95.1 Å². The molecule has 0 unspecified atom stereocenters. The zero-order chi connectivity index (χ0) is 11.4. The summed E-state index contributed by atoms with van der Waals surface area (Å²) in [6.45, 7) is 5.00. The molecule has 0 heterocycles. The maximum atomic E-state index is 13.2. The minimum atomic E-state index is -0.328. The van der Waals surface area contributed by atoms with Crippen LogP contribution in [0.3, 0.4) is 0 Å². The largest absolute Gasteiger partial charge is 0.486 e. The van der Waals surface area contributed by atoms with Gasteiger partial charge in [-0.15, -0.1) is 0 Å². The van der Waals surface area contributed by atoms with E-state index >= 15 is 0 Å². The number of halogens is 1. The first-order chi connectivity index (χ1) is 7.75. The number of ether oxygens (including phenoxy) is 1. The summed E-state index contributed by atoms with van der Waals surface area (Å²) in [6, 6.07) is 7.07. The summed E-state index contributed by atoms with van der Waals surface area (Å²) in [5, 5.41) is 3.33. The highest BCUT2D eigenvalue weighted by Gasteiger charge is 2.20. The van der Waals surface area contributed by atoms with Gasteiger partial charge in [-0.1, -0.05) is 18.7 Å². The summed E-state index contributed by atoms with van der Waals surface area (Å²) in [5.41, 5.74) is 0.940. The van der Waals surface area contributed by atoms with Crippen LogP contribution in [0.4, 0.5) is 4.39 Å². The van der Waals surface area contributed by atoms with Crippen molar-refractivity contribution >= 4 is 0 Å². The lowest BCUT2D eigenvalue weighted by molar-refractivity contribution is 0.329. The Morgan fingerprint density at radius 1 is 1.44 bits per heavy atom. The number of benzene rings is 1. The number of hydrogen-bond donors (Lipinski definition) is 1. The van der Waals surface area contributed by atoms with Crippen molar-refractivity contribution in [2.75, 3.05) is 13.2 Å². The van der Waals surface area contributed by atoms with Crippen LogP contribution in [0.15, 0.2) is 36.4 Å². The molecule has 3 heteroatoms. The zero-order valence-electron chi connectivity index (χ0n) is 9.21. The van der Waals surface area contributed by atoms with Gasteiger partial charge in [-0.25, -0.2) is 4.39 Å². The van der Waals surface area contributed by atoms with Crippen LogP contribution in [-0.4, -0.2) is 19.2 Å². The number of rotatable bonds is 6. The van der Waals surface area contributed by atoms with E-state index in [1.165, 1.54) is 18.9 Å². The first-order valence-corrected chi connectivity index (χ1v) is 5.53. The van der Waals surface area contributed by atoms with Gasteiger partial charge in [-0.2, -0.15) is 0 Å². The van der Waals surface area contributed by atoms with E-state index in [0.717, 1.165) is 12.1 Å². The average molecular weight is 221 g/mol. The van der Waals surface area contributed by atoms with Crippen molar-refractivity contribution in [2.24, 2.45) is 0 Å². The zero-order valence-corrected chi connectivity index (χ0v) is 9.21. The number of nitrogens with one attached hydrogen (secondary N) is 1. The van der Waals surface area contributed by atoms with Gasteiger partial charge in [0.25, 0.3) is 0 Å². The molecule has 0 radical (unpaired) electrons. The van der Waals surface area contributed by atoms with Crippen LogP contribution < -0.4 is 10.1 Å². The van der Waals surface area contributed by atoms with Gasteiger partial charge < -0.3 is 10.1 Å². The average Bonchev–Trinajstić information content (AvgIpc) is 3.09. The van der Waals surface area contributed by atoms with Crippen molar-refractivity contribution in [1.82, 2.24) is 5.32 Å². The van der Waals surface area contributed by atoms with Gasteiger partial charge in [0.05, 0.1) is 0 Å². The van der Waals surface area contributed by atoms with Gasteiger partial charge in [0.1, 0.15) is 6.61 Å². The highest BCUT2D eigenvalue weighted by Crippen LogP contribution is 2.19. The molecule has 1 N–H and O–H groups in total. The molecule has 0 spiro atoms. The van der Waals surface area contributed by atoms with Gasteiger partial charge in [0.2, 0.25) is 0 Å². The summed E-state index contributed by atoms with van der Waals surface area (Å²) in [5.74, 6) is -0.0412. The Bertz CT molecular complexity index is 374. The fraction of sp³-hybridized carbons (Fsp3) is 0.385. The Hall–Kier alpha value is -1.35. The van der Waals surface area contributed by atoms with E-state index in [0.29, 0.717) is 12.6 Å². The standard InChI is InChI=1S/C13H16FNO/c1-10(8-15-11-6-7-11)9-16-13-5-3-2-4-12(13)14/h2-5,11,15H,1,6-9H2. The molecule has 0 atom stereocenters. The molecule has 1 saturated carbocycles. The van der Waals surface area contributed by atoms with Crippen LogP contribution in [0, 0.1) is 5.82 Å². The van der Waals surface area contributed by atoms with Gasteiger partial charge in [0.15, 0.2) is 11.6 Å². The van der Waals surface area contributed by atoms with Gasteiger partial charge in [-0.05, 0) is 30.5 Å². The van der Waals surface area contributed by atoms with Gasteiger partial charge >= 0.3 is 0 Å². The molecule has 2 rings (SSSR count). The van der Waals surface area contributed by atoms with Crippen molar-refractivity contribution in [1.29, 1.82) is 0 Å². The van der Waals surface area contributed by atoms with Crippen LogP contribution >= 0.6 is 0 Å². The van der Waals surface area contributed by atoms with Gasteiger partial charge in [0, 0.05) is 12.6 Å². The van der Waals surface area contributed by atoms with Crippen molar-refractivity contribution in [3.63, 3.8) is 0 Å². The molecule has 86 valence electrons. The van der Waals surface area contributed by atoms with Crippen LogP contribution in [0.5, 0.6) is 5.75 Å². The van der Waals surface area contributed by atoms with Crippen LogP contribution in [0.2, 0.25) is 0 Å². The Morgan fingerprint density at radius 2 is 2.19 bits per heavy atom. The van der Waals surface area contributed by atoms with Crippen molar-refractivity contribution in [3.05, 3.63) is 42.2 Å². The number of para-hydroxylation sites is 1. The predicted octanol–water partition coefficient (Wildman–Crippen LogP) is 2.51. The maximum Gasteiger partial charge on any atom is 0.165 e. The van der Waals surface area contributed by atoms with E-state index in [2.05, 4.69) is 11.9 Å². The second-order valence-corrected chi connectivity index (χ2v) is 4.12. The fourth-order valence-electron chi connectivity index (χ4n) is 1.37. The molecular formula is C13H16FNO. The minimum absolute atomic E-state index is 0.287. The quantitative estimate of drug-likeness (QED) is 0.745. The Kier molecular flexibility index (Phi) is 3.57. The van der Waals surface area contributed by atoms with E-state index in [4.69, 9.17) is 4.74 Å². The van der Waals surface area contributed by atoms with Crippen molar-refractivity contribution < 1.29 is 9.13 Å². The lowest BCUT2D eigenvalue weighted by atomic mass is 10.3. The third kappa shape index (κ3) is 3.35. The SMILES string of the molecule is C=C(CNC1CC1)COc1ccccc1F. The Morgan fingerprint density at radius 3 is 2.88 bits per heavy atom. The molecule has 1 aromatic rings. The van der Waals surface area contributed by atoms with Gasteiger partial charge in [-0.3, -0.25) is 0 Å². The normalized spacial score (nSPS) is 14.8. The van der Waals surface area contributed by atoms with E-state index in [-0.39, 0.29) is 11.6 Å². The van der Waals surface area contributed by atoms with Crippen LogP contribution in [-0.2, 0) is 0 Å². The minimum Gasteiger partial charge on any atom is -0.486 e. The second kappa shape index (κ2) is 5.12. The van der Waals surface area contributed by atoms with Crippen molar-refractivity contribution in [3.8, 4) is 5.75 Å². The van der Waals surface area contributed by atoms with Crippen LogP contribution in [0.1, 0.15) is 12.8 Å². The highest BCUT2D eigenvalue weighted by molar-refractivity contribution is 5.24. The highest BCUT2D eigenvalue weighted by atomic mass is 19.1. The summed E-state index contributed by atoms with van der Waals surface area (Å²) in [4.78, 5) is 0. The van der Waals surface area contributed by atoms with E-state index in [9.17, 15) is 4.39 Å². The third-order valence-corrected chi connectivity index (χ3v) is 2.49. The summed E-state index contributed by atoms with van der Waals surface area (Å²) in [7, 11) is 0. The Balaban J connectivity index is 1.73. The molecule has 0 amide bonds. The molecular weight excluding hydrogens is 205 g/mol. The first kappa shape index (κ1) is 11.1. The lowest BCUT2D eigenvalue weighted by Gasteiger charge is -2.09. The molecule has 1 aliphatic rings. The molecule has 2 nitrogen and oxygen atoms in total. The van der Waals surface area contributed by atoms with E-state index in [1.54, 1.807) is 18.2 Å². The lowest BCUT2D eigenvalue weighted by Crippen LogP contribution is -2.21. The first-order valence-electron chi connectivity index (χ1n) is 5.53. The summed E-state index contributed by atoms with van der Waals surface area (Å²) >= 11 is 0. The molecule has 0 saturated heterocycles. The van der Waals surface area contributed by atoms with E-state index < -0.39 is 0 Å². The fourth-order valence-corrected chi connectivity index (χ4v) is 1.37. The topological polar surface area (TPSA) is 21.3 Å². The molecule has 1 aliphatic carbocycles.